The molecule has 0 atom stereocenters. The van der Waals surface area contributed by atoms with Gasteiger partial charge >= 0.3 is 0 Å². The third-order valence-corrected chi connectivity index (χ3v) is 1.33. The van der Waals surface area contributed by atoms with Gasteiger partial charge in [0.25, 0.3) is 0 Å². The van der Waals surface area contributed by atoms with Gasteiger partial charge in [-0.2, -0.15) is 0 Å². The lowest BCUT2D eigenvalue weighted by Gasteiger charge is -1.91. The summed E-state index contributed by atoms with van der Waals surface area (Å²) >= 11 is 0. The first-order valence-electron chi connectivity index (χ1n) is 5.08. The number of hydrogen-bond donors (Lipinski definition) is 0. The van der Waals surface area contributed by atoms with Crippen LogP contribution in [0, 0.1) is 0 Å². The van der Waals surface area contributed by atoms with Crippen molar-refractivity contribution in [2.45, 2.75) is 53.4 Å². The first kappa shape index (κ1) is 13.5. The molecule has 0 bridgehead atoms. The van der Waals surface area contributed by atoms with E-state index in [0.717, 1.165) is 13.2 Å². The van der Waals surface area contributed by atoms with Crippen molar-refractivity contribution in [1.29, 1.82) is 0 Å². The molecule has 1 heterocycles. The maximum absolute atomic E-state index is 5.19. The van der Waals surface area contributed by atoms with Crippen molar-refractivity contribution in [1.82, 2.24) is 0 Å². The standard InChI is InChI=1S/C6H12O.2C2H6/c1-2-4-6-7-5-3-1;2*1-2/h1-6H2;2*1-2H3. The first-order chi connectivity index (χ1) is 5.50. The number of ether oxygens (including phenoxy) is 1. The van der Waals surface area contributed by atoms with Gasteiger partial charge in [0.2, 0.25) is 0 Å². The summed E-state index contributed by atoms with van der Waals surface area (Å²) in [6.45, 7) is 10.0. The Labute approximate surface area is 72.1 Å². The highest BCUT2D eigenvalue weighted by Crippen LogP contribution is 2.04. The Morgan fingerprint density at radius 2 is 1.00 bits per heavy atom. The van der Waals surface area contributed by atoms with E-state index in [-0.39, 0.29) is 0 Å². The highest BCUT2D eigenvalue weighted by atomic mass is 16.5. The van der Waals surface area contributed by atoms with Crippen LogP contribution in [-0.2, 0) is 4.74 Å². The monoisotopic (exact) mass is 160 g/mol. The highest BCUT2D eigenvalue weighted by Gasteiger charge is 1.95. The van der Waals surface area contributed by atoms with Crippen molar-refractivity contribution in [2.24, 2.45) is 0 Å². The Bertz CT molecular complexity index is 24.5. The lowest BCUT2D eigenvalue weighted by Crippen LogP contribution is -1.89. The van der Waals surface area contributed by atoms with Crippen LogP contribution in [0.5, 0.6) is 0 Å². The van der Waals surface area contributed by atoms with Gasteiger partial charge in [-0.3, -0.25) is 0 Å². The quantitative estimate of drug-likeness (QED) is 0.526. The second-order valence-electron chi connectivity index (χ2n) is 2.03. The topological polar surface area (TPSA) is 9.23 Å². The van der Waals surface area contributed by atoms with E-state index in [1.807, 2.05) is 27.7 Å². The fourth-order valence-corrected chi connectivity index (χ4v) is 0.864. The lowest BCUT2D eigenvalue weighted by atomic mass is 10.2. The van der Waals surface area contributed by atoms with Gasteiger partial charge < -0.3 is 4.74 Å². The van der Waals surface area contributed by atoms with Crippen molar-refractivity contribution in [3.05, 3.63) is 0 Å². The number of hydrogen-bond acceptors (Lipinski definition) is 1. The van der Waals surface area contributed by atoms with Crippen molar-refractivity contribution in [3.63, 3.8) is 0 Å². The van der Waals surface area contributed by atoms with Crippen LogP contribution in [0.3, 0.4) is 0 Å². The van der Waals surface area contributed by atoms with E-state index in [1.54, 1.807) is 0 Å². The van der Waals surface area contributed by atoms with E-state index in [0.29, 0.717) is 0 Å². The molecule has 1 heteroatoms. The fourth-order valence-electron chi connectivity index (χ4n) is 0.864. The molecule has 0 aliphatic carbocycles. The molecule has 0 unspecified atom stereocenters. The van der Waals surface area contributed by atoms with Crippen LogP contribution in [0.4, 0.5) is 0 Å². The van der Waals surface area contributed by atoms with Crippen molar-refractivity contribution >= 4 is 0 Å². The van der Waals surface area contributed by atoms with Crippen molar-refractivity contribution < 1.29 is 4.74 Å². The molecular weight excluding hydrogens is 136 g/mol. The van der Waals surface area contributed by atoms with Gasteiger partial charge in [-0.15, -0.1) is 0 Å². The maximum Gasteiger partial charge on any atom is 0.0466 e. The van der Waals surface area contributed by atoms with Crippen LogP contribution in [-0.4, -0.2) is 13.2 Å². The average molecular weight is 160 g/mol. The molecule has 0 aromatic rings. The predicted molar refractivity (Wildman–Crippen MR) is 52.0 cm³/mol. The Morgan fingerprint density at radius 1 is 0.636 bits per heavy atom. The zero-order valence-corrected chi connectivity index (χ0v) is 8.65. The Morgan fingerprint density at radius 3 is 1.36 bits per heavy atom. The largest absolute Gasteiger partial charge is 0.381 e. The molecule has 1 aliphatic heterocycles. The molecule has 70 valence electrons. The van der Waals surface area contributed by atoms with Crippen LogP contribution < -0.4 is 0 Å². The third kappa shape index (κ3) is 13.0. The van der Waals surface area contributed by atoms with Crippen LogP contribution in [0.1, 0.15) is 53.4 Å². The van der Waals surface area contributed by atoms with E-state index in [2.05, 4.69) is 0 Å². The Kier molecular flexibility index (Phi) is 20.3. The molecule has 1 nitrogen and oxygen atoms in total. The molecule has 0 saturated carbocycles. The molecular formula is C10H24O. The van der Waals surface area contributed by atoms with E-state index in [9.17, 15) is 0 Å². The zero-order valence-electron chi connectivity index (χ0n) is 8.65. The van der Waals surface area contributed by atoms with Crippen LogP contribution in [0.2, 0.25) is 0 Å². The smallest absolute Gasteiger partial charge is 0.0466 e. The normalized spacial score (nSPS) is 16.4. The molecule has 0 aromatic carbocycles. The summed E-state index contributed by atoms with van der Waals surface area (Å²) in [7, 11) is 0. The van der Waals surface area contributed by atoms with E-state index < -0.39 is 0 Å². The second-order valence-corrected chi connectivity index (χ2v) is 2.03. The molecule has 0 radical (unpaired) electrons. The van der Waals surface area contributed by atoms with Crippen molar-refractivity contribution in [2.75, 3.05) is 13.2 Å². The molecule has 1 saturated heterocycles. The molecule has 11 heavy (non-hydrogen) atoms. The van der Waals surface area contributed by atoms with Gasteiger partial charge in [0.05, 0.1) is 0 Å². The first-order valence-corrected chi connectivity index (χ1v) is 5.08. The molecule has 1 aliphatic rings. The fraction of sp³-hybridized carbons (Fsp3) is 1.00. The zero-order chi connectivity index (χ0) is 8.95. The summed E-state index contributed by atoms with van der Waals surface area (Å²) in [5, 5.41) is 0. The minimum Gasteiger partial charge on any atom is -0.381 e. The molecule has 1 rings (SSSR count). The van der Waals surface area contributed by atoms with Crippen LogP contribution >= 0.6 is 0 Å². The molecule has 0 amide bonds. The van der Waals surface area contributed by atoms with E-state index in [4.69, 9.17) is 4.74 Å². The lowest BCUT2D eigenvalue weighted by molar-refractivity contribution is 0.144. The third-order valence-electron chi connectivity index (χ3n) is 1.33. The van der Waals surface area contributed by atoms with Gasteiger partial charge in [0.1, 0.15) is 0 Å². The number of rotatable bonds is 0. The molecule has 1 fully saturated rings. The predicted octanol–water partition coefficient (Wildman–Crippen LogP) is 3.63. The summed E-state index contributed by atoms with van der Waals surface area (Å²) < 4.78 is 5.19. The van der Waals surface area contributed by atoms with Crippen molar-refractivity contribution in [3.8, 4) is 0 Å². The van der Waals surface area contributed by atoms with Gasteiger partial charge in [-0.25, -0.2) is 0 Å². The maximum atomic E-state index is 5.19. The Hall–Kier alpha value is -0.0400. The highest BCUT2D eigenvalue weighted by molar-refractivity contribution is 4.46. The minimum absolute atomic E-state index is 1.00. The summed E-state index contributed by atoms with van der Waals surface area (Å²) in [6.07, 6.45) is 5.31. The summed E-state index contributed by atoms with van der Waals surface area (Å²) in [5.74, 6) is 0. The average Bonchev–Trinajstić information content (AvgIpc) is 2.42. The molecule has 0 N–H and O–H groups in total. The van der Waals surface area contributed by atoms with Gasteiger partial charge in [-0.1, -0.05) is 40.5 Å². The van der Waals surface area contributed by atoms with E-state index in [1.165, 1.54) is 25.7 Å². The second kappa shape index (κ2) is 16.5. The van der Waals surface area contributed by atoms with Gasteiger partial charge in [0, 0.05) is 13.2 Å². The summed E-state index contributed by atoms with van der Waals surface area (Å²) in [4.78, 5) is 0. The minimum atomic E-state index is 1.00. The summed E-state index contributed by atoms with van der Waals surface area (Å²) in [5.41, 5.74) is 0. The SMILES string of the molecule is C1CCCOCC1.CC.CC. The van der Waals surface area contributed by atoms with E-state index >= 15 is 0 Å². The molecule has 0 aromatic heterocycles. The molecule has 0 spiro atoms. The summed E-state index contributed by atoms with van der Waals surface area (Å²) in [6, 6.07) is 0. The Balaban J connectivity index is 0. The van der Waals surface area contributed by atoms with Crippen LogP contribution in [0.15, 0.2) is 0 Å². The van der Waals surface area contributed by atoms with Gasteiger partial charge in [0.15, 0.2) is 0 Å². The van der Waals surface area contributed by atoms with Crippen LogP contribution in [0.25, 0.3) is 0 Å². The van der Waals surface area contributed by atoms with Gasteiger partial charge in [-0.05, 0) is 12.8 Å².